The first-order chi connectivity index (χ1) is 25.0. The minimum atomic E-state index is -2.89. The van der Waals surface area contributed by atoms with Crippen molar-refractivity contribution in [2.75, 3.05) is 29.9 Å². The van der Waals surface area contributed by atoms with Crippen LogP contribution < -0.4 is 15.5 Å². The molecular weight excluding hydrogens is 696 g/mol. The van der Waals surface area contributed by atoms with E-state index in [2.05, 4.69) is 20.9 Å². The molecular formula is C39H47ClN6O5Si. The molecule has 2 amide bonds. The van der Waals surface area contributed by atoms with Gasteiger partial charge in [-0.2, -0.15) is 0 Å². The Morgan fingerprint density at radius 2 is 1.96 bits per heavy atom. The number of nitrogens with zero attached hydrogens (tertiary/aromatic N) is 4. The van der Waals surface area contributed by atoms with Crippen LogP contribution in [0.15, 0.2) is 79.0 Å². The maximum atomic E-state index is 14.9. The summed E-state index contributed by atoms with van der Waals surface area (Å²) in [4.78, 5) is 41.3. The summed E-state index contributed by atoms with van der Waals surface area (Å²) in [6.07, 6.45) is 3.72. The van der Waals surface area contributed by atoms with E-state index in [1.54, 1.807) is 15.6 Å². The fourth-order valence-corrected chi connectivity index (χ4v) is 11.4. The van der Waals surface area contributed by atoms with Crippen molar-refractivity contribution in [2.24, 2.45) is 11.8 Å². The lowest BCUT2D eigenvalue weighted by molar-refractivity contribution is -0.146. The molecule has 13 heteroatoms. The highest BCUT2D eigenvalue weighted by atomic mass is 35.5. The van der Waals surface area contributed by atoms with Crippen molar-refractivity contribution < 1.29 is 24.2 Å². The number of carbonyl (C=O) groups excluding carboxylic acids is 2. The summed E-state index contributed by atoms with van der Waals surface area (Å²) < 4.78 is 8.74. The van der Waals surface area contributed by atoms with Gasteiger partial charge in [-0.05, 0) is 80.4 Å². The minimum absolute atomic E-state index is 0.00638. The molecule has 6 atom stereocenters. The molecule has 0 saturated carbocycles. The summed E-state index contributed by atoms with van der Waals surface area (Å²) in [5.74, 6) is -0.923. The summed E-state index contributed by atoms with van der Waals surface area (Å²) >= 11 is 6.60. The highest BCUT2D eigenvalue weighted by molar-refractivity contribution is 6.71. The summed E-state index contributed by atoms with van der Waals surface area (Å²) in [5.41, 5.74) is 2.98. The fourth-order valence-electron chi connectivity index (χ4n) is 8.62. The first-order valence-corrected chi connectivity index (χ1v) is 21.6. The van der Waals surface area contributed by atoms with Crippen LogP contribution in [0.1, 0.15) is 54.5 Å². The number of benzene rings is 3. The van der Waals surface area contributed by atoms with Crippen LogP contribution in [-0.4, -0.2) is 70.8 Å². The second kappa shape index (κ2) is 14.8. The second-order valence-corrected chi connectivity index (χ2v) is 19.4. The minimum Gasteiger partial charge on any atom is -0.432 e. The van der Waals surface area contributed by atoms with Gasteiger partial charge >= 0.3 is 0 Å². The molecule has 274 valence electrons. The van der Waals surface area contributed by atoms with E-state index in [1.165, 1.54) is 0 Å². The van der Waals surface area contributed by atoms with Crippen LogP contribution >= 0.6 is 11.6 Å². The van der Waals surface area contributed by atoms with Gasteiger partial charge in [0.15, 0.2) is 13.9 Å². The SMILES string of the molecule is C[C@@H]1[C@@H]([Si](C)(C)O)[C@H](CCn2cc(C(CO)c3ccccc3)nn2)O[C@@]12C(=O)N(Cc1cccc(NC(=O)C3CCCNC3)c1)c1ccc(Cl)cc12. The number of ether oxygens (including phenoxy) is 1. The number of nitrogens with one attached hydrogen (secondary N) is 2. The van der Waals surface area contributed by atoms with Gasteiger partial charge < -0.3 is 30.2 Å². The largest absolute Gasteiger partial charge is 0.432 e. The molecule has 2 saturated heterocycles. The summed E-state index contributed by atoms with van der Waals surface area (Å²) in [5, 5.41) is 25.8. The van der Waals surface area contributed by atoms with Crippen molar-refractivity contribution >= 4 is 43.1 Å². The van der Waals surface area contributed by atoms with E-state index in [-0.39, 0.29) is 48.3 Å². The number of carbonyl (C=O) groups is 2. The maximum Gasteiger partial charge on any atom is 0.264 e. The van der Waals surface area contributed by atoms with Gasteiger partial charge in [0.2, 0.25) is 5.91 Å². The van der Waals surface area contributed by atoms with Crippen LogP contribution in [0.5, 0.6) is 0 Å². The van der Waals surface area contributed by atoms with Crippen molar-refractivity contribution in [3.63, 3.8) is 0 Å². The van der Waals surface area contributed by atoms with Crippen molar-refractivity contribution in [2.45, 2.75) is 75.5 Å². The van der Waals surface area contributed by atoms with E-state index in [0.29, 0.717) is 41.5 Å². The van der Waals surface area contributed by atoms with Gasteiger partial charge in [0, 0.05) is 47.0 Å². The number of hydrogen-bond acceptors (Lipinski definition) is 8. The number of halogens is 1. The van der Waals surface area contributed by atoms with Crippen molar-refractivity contribution in [1.29, 1.82) is 0 Å². The summed E-state index contributed by atoms with van der Waals surface area (Å²) in [7, 11) is -2.89. The van der Waals surface area contributed by atoms with E-state index in [0.717, 1.165) is 36.2 Å². The van der Waals surface area contributed by atoms with Crippen LogP contribution in [0.4, 0.5) is 11.4 Å². The predicted octanol–water partition coefficient (Wildman–Crippen LogP) is 5.43. The Hall–Kier alpha value is -3.91. The topological polar surface area (TPSA) is 142 Å². The molecule has 0 bridgehead atoms. The Balaban J connectivity index is 1.14. The lowest BCUT2D eigenvalue weighted by Crippen LogP contribution is -2.46. The zero-order valence-electron chi connectivity index (χ0n) is 29.8. The zero-order chi connectivity index (χ0) is 36.6. The molecule has 3 aliphatic rings. The average Bonchev–Trinajstić information content (AvgIpc) is 3.79. The third-order valence-corrected chi connectivity index (χ3v) is 13.8. The number of amides is 2. The molecule has 3 aliphatic heterocycles. The Morgan fingerprint density at radius 1 is 1.15 bits per heavy atom. The molecule has 52 heavy (non-hydrogen) atoms. The molecule has 11 nitrogen and oxygen atoms in total. The van der Waals surface area contributed by atoms with Crippen LogP contribution in [0, 0.1) is 11.8 Å². The van der Waals surface area contributed by atoms with Gasteiger partial charge in [-0.15, -0.1) is 5.10 Å². The number of piperidine rings is 1. The number of fused-ring (bicyclic) bond motifs is 2. The van der Waals surface area contributed by atoms with E-state index in [1.807, 2.05) is 92.9 Å². The van der Waals surface area contributed by atoms with Gasteiger partial charge in [0.25, 0.3) is 5.91 Å². The zero-order valence-corrected chi connectivity index (χ0v) is 31.6. The molecule has 1 aromatic heterocycles. The fraction of sp³-hybridized carbons (Fsp3) is 0.436. The quantitative estimate of drug-likeness (QED) is 0.149. The van der Waals surface area contributed by atoms with Crippen molar-refractivity contribution in [3.05, 3.63) is 106 Å². The molecule has 4 N–H and O–H groups in total. The Kier molecular flexibility index (Phi) is 10.4. The Labute approximate surface area is 310 Å². The molecule has 4 aromatic rings. The van der Waals surface area contributed by atoms with Gasteiger partial charge in [-0.3, -0.25) is 14.3 Å². The number of rotatable bonds is 11. The second-order valence-electron chi connectivity index (χ2n) is 15.0. The summed E-state index contributed by atoms with van der Waals surface area (Å²) in [6.45, 7) is 8.04. The van der Waals surface area contributed by atoms with Crippen molar-refractivity contribution in [1.82, 2.24) is 20.3 Å². The predicted molar refractivity (Wildman–Crippen MR) is 202 cm³/mol. The van der Waals surface area contributed by atoms with Gasteiger partial charge in [-0.25, -0.2) is 0 Å². The normalized spacial score (nSPS) is 25.0. The summed E-state index contributed by atoms with van der Waals surface area (Å²) in [6, 6.07) is 22.8. The highest BCUT2D eigenvalue weighted by Crippen LogP contribution is 2.60. The highest BCUT2D eigenvalue weighted by Gasteiger charge is 2.66. The molecule has 4 heterocycles. The average molecular weight is 743 g/mol. The number of aryl methyl sites for hydroxylation is 1. The number of aliphatic hydroxyl groups is 1. The molecule has 2 fully saturated rings. The molecule has 1 spiro atoms. The van der Waals surface area contributed by atoms with Gasteiger partial charge in [0.05, 0.1) is 42.5 Å². The first-order valence-electron chi connectivity index (χ1n) is 18.2. The number of aromatic nitrogens is 3. The molecule has 3 aromatic carbocycles. The number of aliphatic hydroxyl groups excluding tert-OH is 1. The molecule has 7 rings (SSSR count). The van der Waals surface area contributed by atoms with E-state index < -0.39 is 20.0 Å². The third kappa shape index (κ3) is 6.95. The van der Waals surface area contributed by atoms with E-state index in [9.17, 15) is 19.5 Å². The van der Waals surface area contributed by atoms with Crippen LogP contribution in [0.3, 0.4) is 0 Å². The Bertz CT molecular complexity index is 1910. The monoisotopic (exact) mass is 742 g/mol. The van der Waals surface area contributed by atoms with E-state index in [4.69, 9.17) is 16.3 Å². The Morgan fingerprint density at radius 3 is 2.69 bits per heavy atom. The van der Waals surface area contributed by atoms with Crippen molar-refractivity contribution in [3.8, 4) is 0 Å². The number of anilines is 2. The maximum absolute atomic E-state index is 14.9. The van der Waals surface area contributed by atoms with Crippen LogP contribution in [0.2, 0.25) is 23.7 Å². The first kappa shape index (κ1) is 36.4. The lowest BCUT2D eigenvalue weighted by atomic mass is 9.82. The lowest BCUT2D eigenvalue weighted by Gasteiger charge is -2.32. The smallest absolute Gasteiger partial charge is 0.264 e. The molecule has 0 radical (unpaired) electrons. The third-order valence-electron chi connectivity index (χ3n) is 11.1. The molecule has 2 unspecified atom stereocenters. The van der Waals surface area contributed by atoms with Crippen LogP contribution in [0.25, 0.3) is 0 Å². The number of hydrogen-bond donors (Lipinski definition) is 4. The van der Waals surface area contributed by atoms with Gasteiger partial charge in [0.1, 0.15) is 0 Å². The molecule has 0 aliphatic carbocycles. The standard InChI is InChI=1S/C39H47ClN6O5Si/c1-25-36(52(2,3)50)35(16-18-45-23-33(43-44-45)31(24-47)27-10-5-4-6-11-27)51-39(25)32-20-29(40)14-15-34(32)46(38(39)49)22-26-9-7-13-30(19-26)42-37(48)28-12-8-17-41-21-28/h4-7,9-11,13-15,19-20,23,25,28,31,35-36,41,47,50H,8,12,16-18,21-22,24H2,1-3H3,(H,42,48)/t25-,28?,31?,35+,36-,39+/m1/s1. The van der Waals surface area contributed by atoms with Gasteiger partial charge in [-0.1, -0.05) is 66.2 Å². The van der Waals surface area contributed by atoms with E-state index >= 15 is 0 Å². The van der Waals surface area contributed by atoms with Crippen LogP contribution in [-0.2, 0) is 33.0 Å².